The molecule has 0 aliphatic rings. The second-order valence-electron chi connectivity index (χ2n) is 3.96. The third-order valence-electron chi connectivity index (χ3n) is 2.25. The molecule has 9 nitrogen and oxygen atoms in total. The van der Waals surface area contributed by atoms with E-state index < -0.39 is 30.4 Å². The number of carbonyl (C=O) groups is 3. The molecule has 0 bridgehead atoms. The van der Waals surface area contributed by atoms with Crippen molar-refractivity contribution in [3.63, 3.8) is 0 Å². The van der Waals surface area contributed by atoms with Gasteiger partial charge in [-0.2, -0.15) is 0 Å². The number of nitrogens with zero attached hydrogens (tertiary/aromatic N) is 2. The molecule has 0 fully saturated rings. The summed E-state index contributed by atoms with van der Waals surface area (Å²) in [5.41, 5.74) is 1.22. The Hall–Kier alpha value is -2.71. The number of amides is 2. The lowest BCUT2D eigenvalue weighted by Crippen LogP contribution is -2.46. The van der Waals surface area contributed by atoms with Crippen LogP contribution in [-0.4, -0.2) is 44.2 Å². The predicted octanol–water partition coefficient (Wildman–Crippen LogP) is -0.488. The number of aromatic nitrogens is 2. The summed E-state index contributed by atoms with van der Waals surface area (Å²) in [4.78, 5) is 40.6. The fourth-order valence-corrected chi connectivity index (χ4v) is 1.27. The number of rotatable bonds is 6. The van der Waals surface area contributed by atoms with E-state index in [2.05, 4.69) is 20.6 Å². The molecule has 0 aliphatic heterocycles. The fraction of sp³-hybridized carbons (Fsp3) is 0.364. The summed E-state index contributed by atoms with van der Waals surface area (Å²) >= 11 is 0. The zero-order chi connectivity index (χ0) is 15.1. The Morgan fingerprint density at radius 2 is 1.95 bits per heavy atom. The van der Waals surface area contributed by atoms with Crippen LogP contribution in [0.15, 0.2) is 12.4 Å². The molecular formula is C11H14N4O5. The maximum atomic E-state index is 11.5. The van der Waals surface area contributed by atoms with Crippen LogP contribution in [0.25, 0.3) is 0 Å². The van der Waals surface area contributed by atoms with Gasteiger partial charge in [0.1, 0.15) is 6.04 Å². The molecule has 2 amide bonds. The number of aliphatic carboxylic acids is 2. The lowest BCUT2D eigenvalue weighted by atomic mass is 10.2. The van der Waals surface area contributed by atoms with Crippen LogP contribution in [-0.2, 0) is 16.1 Å². The van der Waals surface area contributed by atoms with Crippen LogP contribution in [0.5, 0.6) is 0 Å². The summed E-state index contributed by atoms with van der Waals surface area (Å²) in [7, 11) is 0. The average molecular weight is 282 g/mol. The molecule has 0 spiro atoms. The summed E-state index contributed by atoms with van der Waals surface area (Å²) in [6.07, 6.45) is 2.30. The Morgan fingerprint density at radius 1 is 1.25 bits per heavy atom. The topological polar surface area (TPSA) is 142 Å². The molecule has 0 unspecified atom stereocenters. The van der Waals surface area contributed by atoms with E-state index in [1.165, 1.54) is 12.4 Å². The molecule has 0 aliphatic carbocycles. The Bertz CT molecular complexity index is 502. The predicted molar refractivity (Wildman–Crippen MR) is 65.8 cm³/mol. The average Bonchev–Trinajstić information content (AvgIpc) is 2.36. The van der Waals surface area contributed by atoms with Crippen LogP contribution in [0.3, 0.4) is 0 Å². The minimum atomic E-state index is -1.49. The van der Waals surface area contributed by atoms with Crippen molar-refractivity contribution in [3.8, 4) is 0 Å². The lowest BCUT2D eigenvalue weighted by molar-refractivity contribution is -0.145. The number of urea groups is 1. The largest absolute Gasteiger partial charge is 0.481 e. The highest BCUT2D eigenvalue weighted by atomic mass is 16.4. The van der Waals surface area contributed by atoms with Crippen molar-refractivity contribution in [1.82, 2.24) is 20.6 Å². The molecule has 1 heterocycles. The molecule has 1 aromatic rings. The van der Waals surface area contributed by atoms with E-state index in [4.69, 9.17) is 10.2 Å². The second-order valence-corrected chi connectivity index (χ2v) is 3.96. The quantitative estimate of drug-likeness (QED) is 0.551. The summed E-state index contributed by atoms with van der Waals surface area (Å²) < 4.78 is 0. The van der Waals surface area contributed by atoms with Gasteiger partial charge < -0.3 is 20.8 Å². The van der Waals surface area contributed by atoms with Gasteiger partial charge in [-0.25, -0.2) is 9.59 Å². The van der Waals surface area contributed by atoms with E-state index in [0.717, 1.165) is 5.69 Å². The number of nitrogens with one attached hydrogen (secondary N) is 2. The van der Waals surface area contributed by atoms with Crippen molar-refractivity contribution in [2.75, 3.05) is 0 Å². The molecular weight excluding hydrogens is 268 g/mol. The number of hydrogen-bond acceptors (Lipinski definition) is 5. The van der Waals surface area contributed by atoms with Gasteiger partial charge in [-0.15, -0.1) is 0 Å². The van der Waals surface area contributed by atoms with E-state index >= 15 is 0 Å². The van der Waals surface area contributed by atoms with Gasteiger partial charge in [-0.05, 0) is 6.92 Å². The molecule has 0 aromatic carbocycles. The molecule has 0 radical (unpaired) electrons. The van der Waals surface area contributed by atoms with Gasteiger partial charge in [0.2, 0.25) is 0 Å². The van der Waals surface area contributed by atoms with Crippen molar-refractivity contribution >= 4 is 18.0 Å². The second kappa shape index (κ2) is 7.02. The summed E-state index contributed by atoms with van der Waals surface area (Å²) in [5, 5.41) is 21.7. The van der Waals surface area contributed by atoms with E-state index in [9.17, 15) is 14.4 Å². The molecule has 108 valence electrons. The van der Waals surface area contributed by atoms with E-state index in [1.54, 1.807) is 6.92 Å². The van der Waals surface area contributed by atoms with Crippen molar-refractivity contribution in [2.24, 2.45) is 0 Å². The zero-order valence-electron chi connectivity index (χ0n) is 10.7. The molecule has 0 saturated heterocycles. The molecule has 1 aromatic heterocycles. The highest BCUT2D eigenvalue weighted by molar-refractivity contribution is 5.86. The highest BCUT2D eigenvalue weighted by Crippen LogP contribution is 1.95. The minimum Gasteiger partial charge on any atom is -0.481 e. The molecule has 20 heavy (non-hydrogen) atoms. The number of aryl methyl sites for hydroxylation is 1. The van der Waals surface area contributed by atoms with Crippen LogP contribution in [0.1, 0.15) is 17.8 Å². The normalized spacial score (nSPS) is 11.4. The van der Waals surface area contributed by atoms with Crippen molar-refractivity contribution in [2.45, 2.75) is 25.9 Å². The fourth-order valence-electron chi connectivity index (χ4n) is 1.27. The molecule has 1 atom stereocenters. The Morgan fingerprint density at radius 3 is 2.45 bits per heavy atom. The van der Waals surface area contributed by atoms with Gasteiger partial charge >= 0.3 is 18.0 Å². The first-order chi connectivity index (χ1) is 9.38. The first-order valence-corrected chi connectivity index (χ1v) is 5.65. The van der Waals surface area contributed by atoms with Crippen molar-refractivity contribution in [3.05, 3.63) is 23.8 Å². The van der Waals surface area contributed by atoms with Crippen LogP contribution < -0.4 is 10.6 Å². The maximum Gasteiger partial charge on any atom is 0.326 e. The number of carbonyl (C=O) groups excluding carboxylic acids is 1. The molecule has 9 heteroatoms. The van der Waals surface area contributed by atoms with E-state index in [0.29, 0.717) is 5.69 Å². The molecule has 1 rings (SSSR count). The van der Waals surface area contributed by atoms with Gasteiger partial charge in [0.15, 0.2) is 0 Å². The summed E-state index contributed by atoms with van der Waals surface area (Å²) in [6.45, 7) is 1.82. The Labute approximate surface area is 114 Å². The maximum absolute atomic E-state index is 11.5. The first kappa shape index (κ1) is 15.3. The monoisotopic (exact) mass is 282 g/mol. The lowest BCUT2D eigenvalue weighted by Gasteiger charge is -2.13. The zero-order valence-corrected chi connectivity index (χ0v) is 10.7. The summed E-state index contributed by atoms with van der Waals surface area (Å²) in [5.74, 6) is -2.74. The highest BCUT2D eigenvalue weighted by Gasteiger charge is 2.22. The van der Waals surface area contributed by atoms with E-state index in [1.807, 2.05) is 0 Å². The number of carboxylic acids is 2. The Kier molecular flexibility index (Phi) is 5.39. The summed E-state index contributed by atoms with van der Waals surface area (Å²) in [6, 6.07) is -2.28. The Balaban J connectivity index is 2.47. The van der Waals surface area contributed by atoms with Gasteiger partial charge in [0.05, 0.1) is 30.6 Å². The van der Waals surface area contributed by atoms with Gasteiger partial charge in [0.25, 0.3) is 0 Å². The smallest absolute Gasteiger partial charge is 0.326 e. The van der Waals surface area contributed by atoms with Crippen molar-refractivity contribution < 1.29 is 24.6 Å². The number of carboxylic acid groups (broad SMARTS) is 2. The van der Waals surface area contributed by atoms with Gasteiger partial charge in [-0.3, -0.25) is 14.8 Å². The van der Waals surface area contributed by atoms with Crippen LogP contribution in [0.4, 0.5) is 4.79 Å². The SMILES string of the molecule is Cc1cnc(CNC(=O)N[C@H](CC(=O)O)C(=O)O)cn1. The molecule has 4 N–H and O–H groups in total. The van der Waals surface area contributed by atoms with Crippen molar-refractivity contribution in [1.29, 1.82) is 0 Å². The standard InChI is InChI=1S/C11H14N4O5/c1-6-3-13-7(4-12-6)5-14-11(20)15-8(10(18)19)2-9(16)17/h3-4,8H,2,5H2,1H3,(H,16,17)(H,18,19)(H2,14,15,20)/t8-/m1/s1. The molecule has 0 saturated carbocycles. The van der Waals surface area contributed by atoms with Gasteiger partial charge in [-0.1, -0.05) is 0 Å². The van der Waals surface area contributed by atoms with Crippen LogP contribution >= 0.6 is 0 Å². The number of hydrogen-bond donors (Lipinski definition) is 4. The van der Waals surface area contributed by atoms with E-state index in [-0.39, 0.29) is 6.54 Å². The third kappa shape index (κ3) is 5.29. The van der Waals surface area contributed by atoms with Crippen LogP contribution in [0.2, 0.25) is 0 Å². The van der Waals surface area contributed by atoms with Crippen LogP contribution in [0, 0.1) is 6.92 Å². The third-order valence-corrected chi connectivity index (χ3v) is 2.25. The first-order valence-electron chi connectivity index (χ1n) is 5.65. The van der Waals surface area contributed by atoms with Gasteiger partial charge in [0, 0.05) is 6.20 Å². The minimum absolute atomic E-state index is 0.0541.